The topological polar surface area (TPSA) is 56.5 Å². The van der Waals surface area contributed by atoms with Crippen molar-refractivity contribution in [2.24, 2.45) is 5.84 Å². The van der Waals surface area contributed by atoms with E-state index >= 15 is 0 Å². The third kappa shape index (κ3) is 3.10. The van der Waals surface area contributed by atoms with E-state index in [-0.39, 0.29) is 5.02 Å². The number of benzene rings is 2. The molecule has 2 aromatic rings. The highest BCUT2D eigenvalue weighted by molar-refractivity contribution is 6.31. The molecular weight excluding hydrogens is 295 g/mol. The lowest BCUT2D eigenvalue weighted by Crippen LogP contribution is -2.29. The summed E-state index contributed by atoms with van der Waals surface area (Å²) in [7, 11) is 3.11. The molecule has 0 aliphatic carbocycles. The van der Waals surface area contributed by atoms with Gasteiger partial charge >= 0.3 is 0 Å². The first-order valence-corrected chi connectivity index (χ1v) is 6.62. The summed E-state index contributed by atoms with van der Waals surface area (Å²) < 4.78 is 24.2. The van der Waals surface area contributed by atoms with Gasteiger partial charge in [0.15, 0.2) is 0 Å². The van der Waals surface area contributed by atoms with Gasteiger partial charge in [0.25, 0.3) is 0 Å². The number of halogens is 2. The molecule has 1 unspecified atom stereocenters. The fourth-order valence-electron chi connectivity index (χ4n) is 2.16. The van der Waals surface area contributed by atoms with E-state index in [4.69, 9.17) is 26.9 Å². The van der Waals surface area contributed by atoms with E-state index in [1.807, 2.05) is 0 Å². The van der Waals surface area contributed by atoms with Gasteiger partial charge in [0.1, 0.15) is 17.3 Å². The van der Waals surface area contributed by atoms with E-state index in [0.717, 1.165) is 0 Å². The van der Waals surface area contributed by atoms with E-state index in [0.29, 0.717) is 22.6 Å². The van der Waals surface area contributed by atoms with E-state index in [9.17, 15) is 4.39 Å². The minimum atomic E-state index is -0.529. The second-order valence-corrected chi connectivity index (χ2v) is 4.73. The maximum Gasteiger partial charge on any atom is 0.142 e. The van der Waals surface area contributed by atoms with Gasteiger partial charge in [0.05, 0.1) is 25.3 Å². The second-order valence-electron chi connectivity index (χ2n) is 4.35. The minimum Gasteiger partial charge on any atom is -0.497 e. The maximum absolute atomic E-state index is 13.7. The highest BCUT2D eigenvalue weighted by Crippen LogP contribution is 2.36. The third-order valence-corrected chi connectivity index (χ3v) is 3.61. The Labute approximate surface area is 127 Å². The van der Waals surface area contributed by atoms with Gasteiger partial charge in [-0.05, 0) is 29.8 Å². The van der Waals surface area contributed by atoms with Crippen molar-refractivity contribution in [2.45, 2.75) is 6.04 Å². The van der Waals surface area contributed by atoms with E-state index in [1.54, 1.807) is 44.6 Å². The molecule has 6 heteroatoms. The van der Waals surface area contributed by atoms with Crippen molar-refractivity contribution in [1.29, 1.82) is 0 Å². The number of hydrogen-bond acceptors (Lipinski definition) is 4. The van der Waals surface area contributed by atoms with Crippen molar-refractivity contribution in [2.75, 3.05) is 14.2 Å². The van der Waals surface area contributed by atoms with E-state index < -0.39 is 11.9 Å². The van der Waals surface area contributed by atoms with Gasteiger partial charge in [-0.2, -0.15) is 0 Å². The van der Waals surface area contributed by atoms with Crippen LogP contribution in [0.2, 0.25) is 5.02 Å². The van der Waals surface area contributed by atoms with Crippen molar-refractivity contribution in [3.63, 3.8) is 0 Å². The Morgan fingerprint density at radius 2 is 1.90 bits per heavy atom. The Kier molecular flexibility index (Phi) is 5.01. The largest absolute Gasteiger partial charge is 0.497 e. The Balaban J connectivity index is 2.57. The number of hydrogen-bond donors (Lipinski definition) is 2. The Morgan fingerprint density at radius 3 is 2.52 bits per heavy atom. The summed E-state index contributed by atoms with van der Waals surface area (Å²) in [4.78, 5) is 0. The third-order valence-electron chi connectivity index (χ3n) is 3.21. The number of hydrazine groups is 1. The first kappa shape index (κ1) is 15.6. The molecule has 3 N–H and O–H groups in total. The fraction of sp³-hybridized carbons (Fsp3) is 0.200. The summed E-state index contributed by atoms with van der Waals surface area (Å²) >= 11 is 6.04. The molecule has 0 spiro atoms. The van der Waals surface area contributed by atoms with Gasteiger partial charge in [-0.3, -0.25) is 5.84 Å². The normalized spacial score (nSPS) is 12.0. The Hall–Kier alpha value is -1.82. The molecule has 0 aromatic heterocycles. The number of rotatable bonds is 5. The Morgan fingerprint density at radius 1 is 1.14 bits per heavy atom. The summed E-state index contributed by atoms with van der Waals surface area (Å²) in [5.41, 5.74) is 3.86. The van der Waals surface area contributed by atoms with Crippen molar-refractivity contribution < 1.29 is 13.9 Å². The van der Waals surface area contributed by atoms with Crippen LogP contribution in [0.1, 0.15) is 17.2 Å². The SMILES string of the molecule is COc1ccc(OC)c(C(NN)c2cccc(F)c2Cl)c1. The lowest BCUT2D eigenvalue weighted by atomic mass is 9.98. The number of nitrogens with one attached hydrogen (secondary N) is 1. The quantitative estimate of drug-likeness (QED) is 0.658. The van der Waals surface area contributed by atoms with Crippen LogP contribution < -0.4 is 20.7 Å². The van der Waals surface area contributed by atoms with Crippen LogP contribution in [0.15, 0.2) is 36.4 Å². The Bertz CT molecular complexity index is 637. The van der Waals surface area contributed by atoms with Gasteiger partial charge in [-0.1, -0.05) is 23.7 Å². The predicted octanol–water partition coefficient (Wildman–Crippen LogP) is 3.05. The summed E-state index contributed by atoms with van der Waals surface area (Å²) in [5, 5.41) is 0.0188. The molecule has 0 aliphatic heterocycles. The first-order chi connectivity index (χ1) is 10.1. The molecule has 21 heavy (non-hydrogen) atoms. The molecule has 0 aliphatic rings. The van der Waals surface area contributed by atoms with Crippen molar-refractivity contribution in [3.05, 3.63) is 58.4 Å². The lowest BCUT2D eigenvalue weighted by molar-refractivity contribution is 0.394. The molecule has 0 bridgehead atoms. The van der Waals surface area contributed by atoms with E-state index in [2.05, 4.69) is 5.43 Å². The lowest BCUT2D eigenvalue weighted by Gasteiger charge is -2.21. The second kappa shape index (κ2) is 6.76. The van der Waals surface area contributed by atoms with Gasteiger partial charge in [-0.15, -0.1) is 0 Å². The van der Waals surface area contributed by atoms with Gasteiger partial charge in [-0.25, -0.2) is 9.82 Å². The van der Waals surface area contributed by atoms with Crippen molar-refractivity contribution in [1.82, 2.24) is 5.43 Å². The van der Waals surface area contributed by atoms with Gasteiger partial charge < -0.3 is 9.47 Å². The van der Waals surface area contributed by atoms with E-state index in [1.165, 1.54) is 6.07 Å². The number of ether oxygens (including phenoxy) is 2. The monoisotopic (exact) mass is 310 g/mol. The molecule has 0 heterocycles. The van der Waals surface area contributed by atoms with Gasteiger partial charge in [0.2, 0.25) is 0 Å². The van der Waals surface area contributed by atoms with Crippen LogP contribution in [0, 0.1) is 5.82 Å². The smallest absolute Gasteiger partial charge is 0.142 e. The van der Waals surface area contributed by atoms with Gasteiger partial charge in [0, 0.05) is 5.56 Å². The fourth-order valence-corrected chi connectivity index (χ4v) is 2.39. The van der Waals surface area contributed by atoms with Crippen LogP contribution in [0.4, 0.5) is 4.39 Å². The van der Waals surface area contributed by atoms with Crippen LogP contribution in [0.25, 0.3) is 0 Å². The molecule has 2 aromatic carbocycles. The summed E-state index contributed by atoms with van der Waals surface area (Å²) in [6, 6.07) is 9.34. The molecule has 4 nitrogen and oxygen atoms in total. The summed E-state index contributed by atoms with van der Waals surface area (Å²) in [5.74, 6) is 6.37. The molecular formula is C15H16ClFN2O2. The molecule has 0 fully saturated rings. The molecule has 0 saturated heterocycles. The van der Waals surface area contributed by atoms with Crippen LogP contribution in [0.3, 0.4) is 0 Å². The minimum absolute atomic E-state index is 0.0188. The first-order valence-electron chi connectivity index (χ1n) is 6.24. The molecule has 112 valence electrons. The molecule has 2 rings (SSSR count). The highest BCUT2D eigenvalue weighted by atomic mass is 35.5. The van der Waals surface area contributed by atoms with Crippen LogP contribution >= 0.6 is 11.6 Å². The zero-order valence-electron chi connectivity index (χ0n) is 11.7. The molecule has 0 saturated carbocycles. The average Bonchev–Trinajstić information content (AvgIpc) is 2.52. The standard InChI is InChI=1S/C15H16ClFN2O2/c1-20-9-6-7-13(21-2)11(8-9)15(19-18)10-4-3-5-12(17)14(10)16/h3-8,15,19H,18H2,1-2H3. The molecule has 0 amide bonds. The molecule has 0 radical (unpaired) electrons. The van der Waals surface area contributed by atoms with Crippen molar-refractivity contribution in [3.8, 4) is 11.5 Å². The maximum atomic E-state index is 13.7. The van der Waals surface area contributed by atoms with Crippen molar-refractivity contribution >= 4 is 11.6 Å². The highest BCUT2D eigenvalue weighted by Gasteiger charge is 2.21. The van der Waals surface area contributed by atoms with Crippen LogP contribution in [-0.2, 0) is 0 Å². The zero-order chi connectivity index (χ0) is 15.4. The summed E-state index contributed by atoms with van der Waals surface area (Å²) in [6.07, 6.45) is 0. The molecule has 1 atom stereocenters. The average molecular weight is 311 g/mol. The number of nitrogens with two attached hydrogens (primary N) is 1. The number of methoxy groups -OCH3 is 2. The predicted molar refractivity (Wildman–Crippen MR) is 80.1 cm³/mol. The van der Waals surface area contributed by atoms with Crippen LogP contribution in [-0.4, -0.2) is 14.2 Å². The zero-order valence-corrected chi connectivity index (χ0v) is 12.4. The van der Waals surface area contributed by atoms with Crippen LogP contribution in [0.5, 0.6) is 11.5 Å². The summed E-state index contributed by atoms with van der Waals surface area (Å²) in [6.45, 7) is 0.